The highest BCUT2D eigenvalue weighted by atomic mass is 35.5. The summed E-state index contributed by atoms with van der Waals surface area (Å²) in [6, 6.07) is 13.0. The molecular formula is C24H29ClFNO3. The molecule has 0 saturated carbocycles. The first-order valence-corrected chi connectivity index (χ1v) is 10.7. The van der Waals surface area contributed by atoms with E-state index in [1.54, 1.807) is 20.8 Å². The van der Waals surface area contributed by atoms with Gasteiger partial charge in [-0.3, -0.25) is 4.90 Å². The van der Waals surface area contributed by atoms with Crippen LogP contribution in [0.3, 0.4) is 0 Å². The van der Waals surface area contributed by atoms with Crippen molar-refractivity contribution in [1.29, 1.82) is 0 Å². The van der Waals surface area contributed by atoms with E-state index in [-0.39, 0.29) is 28.5 Å². The second kappa shape index (κ2) is 9.36. The second-order valence-corrected chi connectivity index (χ2v) is 9.20. The summed E-state index contributed by atoms with van der Waals surface area (Å²) in [6.45, 7) is 9.05. The minimum Gasteiger partial charge on any atom is -0.486 e. The van der Waals surface area contributed by atoms with E-state index >= 15 is 4.39 Å². The smallest absolute Gasteiger partial charge is 0.341 e. The molecule has 1 saturated heterocycles. The fourth-order valence-electron chi connectivity index (χ4n) is 3.67. The van der Waals surface area contributed by atoms with Gasteiger partial charge in [0.05, 0.1) is 0 Å². The van der Waals surface area contributed by atoms with Gasteiger partial charge in [-0.1, -0.05) is 41.9 Å². The summed E-state index contributed by atoms with van der Waals surface area (Å²) in [5, 5.41) is 0.233. The third kappa shape index (κ3) is 5.73. The molecule has 30 heavy (non-hydrogen) atoms. The van der Waals surface area contributed by atoms with Gasteiger partial charge in [-0.25, -0.2) is 9.18 Å². The maximum absolute atomic E-state index is 15.1. The summed E-state index contributed by atoms with van der Waals surface area (Å²) < 4.78 is 26.5. The van der Waals surface area contributed by atoms with Crippen LogP contribution in [0.5, 0.6) is 5.75 Å². The highest BCUT2D eigenvalue weighted by Crippen LogP contribution is 2.31. The van der Waals surface area contributed by atoms with Crippen LogP contribution in [0.15, 0.2) is 42.5 Å². The van der Waals surface area contributed by atoms with Crippen LogP contribution in [0, 0.1) is 5.82 Å². The average Bonchev–Trinajstić information content (AvgIpc) is 2.67. The van der Waals surface area contributed by atoms with Gasteiger partial charge in [0.1, 0.15) is 17.3 Å². The third-order valence-corrected chi connectivity index (χ3v) is 5.40. The number of carbonyl (C=O) groups is 1. The van der Waals surface area contributed by atoms with E-state index in [2.05, 4.69) is 24.0 Å². The molecule has 2 atom stereocenters. The first kappa shape index (κ1) is 22.6. The van der Waals surface area contributed by atoms with E-state index in [0.717, 1.165) is 25.9 Å². The monoisotopic (exact) mass is 433 g/mol. The molecule has 4 nitrogen and oxygen atoms in total. The Balaban J connectivity index is 1.77. The molecule has 6 heteroatoms. The maximum atomic E-state index is 15.1. The standard InChI is InChI=1S/C24H29ClFNO3/c1-16-20(11-8-12-27(16)15-17-9-6-5-7-10-17)29-21-14-18(25)13-19(22(21)26)23(28)30-24(2,3)4/h5-7,9-10,13-14,16,20H,8,11-12,15H2,1-4H3/t16-,20-/m0/s1. The van der Waals surface area contributed by atoms with Crippen molar-refractivity contribution in [2.24, 2.45) is 0 Å². The molecule has 0 unspecified atom stereocenters. The summed E-state index contributed by atoms with van der Waals surface area (Å²) >= 11 is 6.16. The topological polar surface area (TPSA) is 38.8 Å². The minimum absolute atomic E-state index is 0.0122. The Kier molecular flexibility index (Phi) is 7.04. The van der Waals surface area contributed by atoms with Crippen LogP contribution in [0.25, 0.3) is 0 Å². The van der Waals surface area contributed by atoms with Crippen molar-refractivity contribution in [1.82, 2.24) is 4.90 Å². The lowest BCUT2D eigenvalue weighted by Gasteiger charge is -2.39. The second-order valence-electron chi connectivity index (χ2n) is 8.76. The third-order valence-electron chi connectivity index (χ3n) is 5.18. The molecule has 3 rings (SSSR count). The fourth-order valence-corrected chi connectivity index (χ4v) is 3.88. The first-order chi connectivity index (χ1) is 14.1. The zero-order chi connectivity index (χ0) is 21.9. The lowest BCUT2D eigenvalue weighted by atomic mass is 9.99. The maximum Gasteiger partial charge on any atom is 0.341 e. The zero-order valence-corrected chi connectivity index (χ0v) is 18.7. The Bertz CT molecular complexity index is 882. The van der Waals surface area contributed by atoms with Gasteiger partial charge in [0.2, 0.25) is 0 Å². The number of halogens is 2. The van der Waals surface area contributed by atoms with Crippen molar-refractivity contribution >= 4 is 17.6 Å². The summed E-state index contributed by atoms with van der Waals surface area (Å²) in [5.74, 6) is -1.50. The van der Waals surface area contributed by atoms with Crippen molar-refractivity contribution < 1.29 is 18.7 Å². The van der Waals surface area contributed by atoms with Crippen LogP contribution >= 0.6 is 11.6 Å². The van der Waals surface area contributed by atoms with Gasteiger partial charge < -0.3 is 9.47 Å². The Morgan fingerprint density at radius 2 is 1.93 bits per heavy atom. The van der Waals surface area contributed by atoms with E-state index < -0.39 is 17.4 Å². The Hall–Kier alpha value is -2.11. The van der Waals surface area contributed by atoms with Crippen LogP contribution in [-0.2, 0) is 11.3 Å². The molecule has 0 N–H and O–H groups in total. The first-order valence-electron chi connectivity index (χ1n) is 10.3. The number of hydrogen-bond donors (Lipinski definition) is 0. The lowest BCUT2D eigenvalue weighted by molar-refractivity contribution is 0.00597. The van der Waals surface area contributed by atoms with E-state index in [4.69, 9.17) is 21.1 Å². The van der Waals surface area contributed by atoms with E-state index in [1.807, 2.05) is 18.2 Å². The van der Waals surface area contributed by atoms with Gasteiger partial charge in [0, 0.05) is 23.7 Å². The number of hydrogen-bond acceptors (Lipinski definition) is 4. The molecule has 0 aromatic heterocycles. The Morgan fingerprint density at radius 3 is 2.60 bits per heavy atom. The molecule has 1 aliphatic heterocycles. The number of rotatable bonds is 5. The van der Waals surface area contributed by atoms with Gasteiger partial charge in [0.25, 0.3) is 0 Å². The Morgan fingerprint density at radius 1 is 1.23 bits per heavy atom. The number of carbonyl (C=O) groups excluding carboxylic acids is 1. The highest BCUT2D eigenvalue weighted by Gasteiger charge is 2.31. The van der Waals surface area contributed by atoms with Gasteiger partial charge in [-0.2, -0.15) is 0 Å². The van der Waals surface area contributed by atoms with E-state index in [1.165, 1.54) is 17.7 Å². The molecule has 162 valence electrons. The van der Waals surface area contributed by atoms with Crippen molar-refractivity contribution in [2.75, 3.05) is 6.54 Å². The molecule has 1 heterocycles. The SMILES string of the molecule is C[C@H]1[C@@H](Oc2cc(Cl)cc(C(=O)OC(C)(C)C)c2F)CCCN1Cc1ccccc1. The Labute approximate surface area is 182 Å². The normalized spacial score (nSPS) is 20.1. The molecule has 0 spiro atoms. The number of piperidine rings is 1. The molecule has 0 bridgehead atoms. The quantitative estimate of drug-likeness (QED) is 0.553. The van der Waals surface area contributed by atoms with Crippen LogP contribution in [0.2, 0.25) is 5.02 Å². The van der Waals surface area contributed by atoms with Crippen LogP contribution in [-0.4, -0.2) is 35.2 Å². The highest BCUT2D eigenvalue weighted by molar-refractivity contribution is 6.31. The number of likely N-dealkylation sites (tertiary alicyclic amines) is 1. The largest absolute Gasteiger partial charge is 0.486 e. The number of esters is 1. The van der Waals surface area contributed by atoms with Crippen LogP contribution in [0.4, 0.5) is 4.39 Å². The number of nitrogens with zero attached hydrogens (tertiary/aromatic N) is 1. The molecule has 1 aliphatic rings. The molecule has 0 radical (unpaired) electrons. The van der Waals surface area contributed by atoms with E-state index in [9.17, 15) is 4.79 Å². The van der Waals surface area contributed by atoms with Gasteiger partial charge in [-0.15, -0.1) is 0 Å². The fraction of sp³-hybridized carbons (Fsp3) is 0.458. The van der Waals surface area contributed by atoms with Gasteiger partial charge in [-0.05, 0) is 58.7 Å². The van der Waals surface area contributed by atoms with Crippen LogP contribution in [0.1, 0.15) is 56.5 Å². The number of ether oxygens (including phenoxy) is 2. The van der Waals surface area contributed by atoms with Crippen molar-refractivity contribution in [3.8, 4) is 5.75 Å². The molecule has 0 aliphatic carbocycles. The summed E-state index contributed by atoms with van der Waals surface area (Å²) in [5.41, 5.74) is 0.283. The van der Waals surface area contributed by atoms with Crippen molar-refractivity contribution in [3.63, 3.8) is 0 Å². The summed E-state index contributed by atoms with van der Waals surface area (Å²) in [6.07, 6.45) is 1.55. The molecule has 2 aromatic carbocycles. The van der Waals surface area contributed by atoms with Crippen LogP contribution < -0.4 is 4.74 Å². The minimum atomic E-state index is -0.755. The predicted octanol–water partition coefficient (Wildman–Crippen LogP) is 5.87. The summed E-state index contributed by atoms with van der Waals surface area (Å²) in [4.78, 5) is 14.7. The molecule has 0 amide bonds. The van der Waals surface area contributed by atoms with Crippen molar-refractivity contribution in [2.45, 2.75) is 64.8 Å². The lowest BCUT2D eigenvalue weighted by Crippen LogP contribution is -2.48. The predicted molar refractivity (Wildman–Crippen MR) is 117 cm³/mol. The average molecular weight is 434 g/mol. The molecule has 2 aromatic rings. The van der Waals surface area contributed by atoms with Gasteiger partial charge in [0.15, 0.2) is 11.6 Å². The summed E-state index contributed by atoms with van der Waals surface area (Å²) in [7, 11) is 0. The van der Waals surface area contributed by atoms with E-state index in [0.29, 0.717) is 0 Å². The van der Waals surface area contributed by atoms with Crippen molar-refractivity contribution in [3.05, 3.63) is 64.4 Å². The number of benzene rings is 2. The molecular weight excluding hydrogens is 405 g/mol. The zero-order valence-electron chi connectivity index (χ0n) is 18.0. The van der Waals surface area contributed by atoms with Gasteiger partial charge >= 0.3 is 5.97 Å². The molecule has 1 fully saturated rings.